The lowest BCUT2D eigenvalue weighted by molar-refractivity contribution is -0.112. The maximum Gasteiger partial charge on any atom is 0.343 e. The van der Waals surface area contributed by atoms with Gasteiger partial charge in [-0.2, -0.15) is 5.26 Å². The van der Waals surface area contributed by atoms with E-state index < -0.39 is 11.9 Å². The number of amides is 1. The van der Waals surface area contributed by atoms with E-state index in [9.17, 15) is 14.9 Å². The summed E-state index contributed by atoms with van der Waals surface area (Å²) in [5.41, 5.74) is 0.759. The van der Waals surface area contributed by atoms with Crippen LogP contribution < -0.4 is 19.5 Å². The Hall–Kier alpha value is -3.51. The minimum Gasteiger partial charge on any atom is -0.497 e. The summed E-state index contributed by atoms with van der Waals surface area (Å²) in [5.74, 6) is -0.298. The first-order valence-electron chi connectivity index (χ1n) is 10.5. The molecule has 0 spiro atoms. The molecule has 0 fully saturated rings. The largest absolute Gasteiger partial charge is 0.497 e. The molecule has 3 aromatic rings. The van der Waals surface area contributed by atoms with Gasteiger partial charge in [-0.1, -0.05) is 29.3 Å². The highest BCUT2D eigenvalue weighted by Crippen LogP contribution is 2.38. The summed E-state index contributed by atoms with van der Waals surface area (Å²) in [5, 5.41) is 12.6. The average Bonchev–Trinajstić information content (AvgIpc) is 2.86. The van der Waals surface area contributed by atoms with Gasteiger partial charge >= 0.3 is 5.97 Å². The molecule has 0 saturated heterocycles. The molecular formula is C26H19BrCl2N2O5. The third kappa shape index (κ3) is 6.58. The van der Waals surface area contributed by atoms with E-state index in [1.54, 1.807) is 61.5 Å². The van der Waals surface area contributed by atoms with E-state index in [0.29, 0.717) is 21.3 Å². The van der Waals surface area contributed by atoms with Crippen molar-refractivity contribution in [3.63, 3.8) is 0 Å². The van der Waals surface area contributed by atoms with Crippen LogP contribution in [0.4, 0.5) is 5.69 Å². The molecule has 1 amide bonds. The van der Waals surface area contributed by atoms with Crippen molar-refractivity contribution in [3.8, 4) is 23.3 Å². The van der Waals surface area contributed by atoms with Crippen LogP contribution in [-0.2, 0) is 4.79 Å². The predicted molar refractivity (Wildman–Crippen MR) is 142 cm³/mol. The van der Waals surface area contributed by atoms with E-state index in [1.165, 1.54) is 13.2 Å². The van der Waals surface area contributed by atoms with E-state index >= 15 is 0 Å². The van der Waals surface area contributed by atoms with Crippen LogP contribution in [0.5, 0.6) is 17.2 Å². The first kappa shape index (κ1) is 27.1. The molecule has 0 aliphatic carbocycles. The summed E-state index contributed by atoms with van der Waals surface area (Å²) in [6, 6.07) is 16.2. The standard InChI is InChI=1S/C26H19BrCl2N2O5/c1-3-35-22-13-15(11-17(14-30)25(32)31-23-20(28)5-4-6-21(23)29)12-19(27)24(22)36-26(33)16-7-9-18(34-2)10-8-16/h4-13H,3H2,1-2H3,(H,31,32)/b17-11+. The Morgan fingerprint density at radius 1 is 1.11 bits per heavy atom. The first-order chi connectivity index (χ1) is 17.3. The van der Waals surface area contributed by atoms with Crippen molar-refractivity contribution in [1.29, 1.82) is 5.26 Å². The normalized spacial score (nSPS) is 10.8. The Bertz CT molecular complexity index is 1350. The average molecular weight is 590 g/mol. The van der Waals surface area contributed by atoms with Crippen LogP contribution in [0.2, 0.25) is 10.0 Å². The molecule has 0 aromatic heterocycles. The number of halogens is 3. The van der Waals surface area contributed by atoms with Crippen molar-refractivity contribution in [2.24, 2.45) is 0 Å². The van der Waals surface area contributed by atoms with Gasteiger partial charge in [0, 0.05) is 0 Å². The number of nitrogens with zero attached hydrogens (tertiary/aromatic N) is 1. The summed E-state index contributed by atoms with van der Waals surface area (Å²) in [4.78, 5) is 25.4. The Labute approximate surface area is 226 Å². The molecule has 10 heteroatoms. The molecule has 0 heterocycles. The van der Waals surface area contributed by atoms with Crippen LogP contribution in [0.1, 0.15) is 22.8 Å². The molecule has 3 rings (SSSR count). The van der Waals surface area contributed by atoms with E-state index in [-0.39, 0.29) is 39.4 Å². The molecule has 0 radical (unpaired) electrons. The lowest BCUT2D eigenvalue weighted by atomic mass is 10.1. The monoisotopic (exact) mass is 588 g/mol. The number of nitrogens with one attached hydrogen (secondary N) is 1. The van der Waals surface area contributed by atoms with E-state index in [1.807, 2.05) is 6.07 Å². The van der Waals surface area contributed by atoms with Crippen LogP contribution >= 0.6 is 39.1 Å². The summed E-state index contributed by atoms with van der Waals surface area (Å²) in [6.45, 7) is 2.05. The number of carbonyl (C=O) groups excluding carboxylic acids is 2. The van der Waals surface area contributed by atoms with Crippen molar-refractivity contribution in [1.82, 2.24) is 0 Å². The number of carbonyl (C=O) groups is 2. The van der Waals surface area contributed by atoms with Gasteiger partial charge < -0.3 is 19.5 Å². The molecule has 0 unspecified atom stereocenters. The molecule has 184 valence electrons. The molecule has 0 aliphatic heterocycles. The number of nitriles is 1. The molecule has 0 saturated carbocycles. The molecular weight excluding hydrogens is 571 g/mol. The highest BCUT2D eigenvalue weighted by Gasteiger charge is 2.19. The summed E-state index contributed by atoms with van der Waals surface area (Å²) in [7, 11) is 1.53. The Balaban J connectivity index is 1.90. The molecule has 0 atom stereocenters. The highest BCUT2D eigenvalue weighted by molar-refractivity contribution is 9.10. The minimum absolute atomic E-state index is 0.153. The molecule has 0 bridgehead atoms. The number of benzene rings is 3. The Kier molecular flexibility index (Phi) is 9.37. The predicted octanol–water partition coefficient (Wildman–Crippen LogP) is 6.93. The van der Waals surface area contributed by atoms with E-state index in [4.69, 9.17) is 37.4 Å². The van der Waals surface area contributed by atoms with Crippen LogP contribution in [0.3, 0.4) is 0 Å². The van der Waals surface area contributed by atoms with Gasteiger partial charge in [0.15, 0.2) is 11.5 Å². The Morgan fingerprint density at radius 2 is 1.78 bits per heavy atom. The Morgan fingerprint density at radius 3 is 2.36 bits per heavy atom. The van der Waals surface area contributed by atoms with Crippen molar-refractivity contribution in [2.45, 2.75) is 6.92 Å². The van der Waals surface area contributed by atoms with E-state index in [2.05, 4.69) is 21.2 Å². The number of ether oxygens (including phenoxy) is 3. The number of hydrogen-bond donors (Lipinski definition) is 1. The molecule has 3 aromatic carbocycles. The maximum absolute atomic E-state index is 12.7. The lowest BCUT2D eigenvalue weighted by Gasteiger charge is -2.14. The van der Waals surface area contributed by atoms with Crippen LogP contribution in [-0.4, -0.2) is 25.6 Å². The second-order valence-corrected chi connectivity index (χ2v) is 8.77. The molecule has 36 heavy (non-hydrogen) atoms. The number of para-hydroxylation sites is 1. The number of anilines is 1. The minimum atomic E-state index is -0.698. The third-order valence-electron chi connectivity index (χ3n) is 4.73. The second-order valence-electron chi connectivity index (χ2n) is 7.10. The van der Waals surface area contributed by atoms with Gasteiger partial charge in [-0.25, -0.2) is 4.79 Å². The zero-order valence-corrected chi connectivity index (χ0v) is 22.2. The molecule has 0 aliphatic rings. The maximum atomic E-state index is 12.7. The van der Waals surface area contributed by atoms with Gasteiger partial charge in [0.1, 0.15) is 17.4 Å². The number of methoxy groups -OCH3 is 1. The summed E-state index contributed by atoms with van der Waals surface area (Å²) >= 11 is 15.6. The topological polar surface area (TPSA) is 97.6 Å². The highest BCUT2D eigenvalue weighted by atomic mass is 79.9. The fourth-order valence-electron chi connectivity index (χ4n) is 3.03. The zero-order chi connectivity index (χ0) is 26.2. The van der Waals surface area contributed by atoms with Crippen molar-refractivity contribution in [3.05, 3.63) is 85.8 Å². The quantitative estimate of drug-likeness (QED) is 0.132. The number of rotatable bonds is 8. The van der Waals surface area contributed by atoms with Crippen molar-refractivity contribution in [2.75, 3.05) is 19.0 Å². The van der Waals surface area contributed by atoms with Crippen LogP contribution in [0.25, 0.3) is 6.08 Å². The third-order valence-corrected chi connectivity index (χ3v) is 5.95. The molecule has 1 N–H and O–H groups in total. The fraction of sp³-hybridized carbons (Fsp3) is 0.115. The summed E-state index contributed by atoms with van der Waals surface area (Å²) in [6.07, 6.45) is 1.36. The first-order valence-corrected chi connectivity index (χ1v) is 12.0. The van der Waals surface area contributed by atoms with Crippen molar-refractivity contribution < 1.29 is 23.8 Å². The van der Waals surface area contributed by atoms with Crippen molar-refractivity contribution >= 4 is 62.8 Å². The SMILES string of the molecule is CCOc1cc(/C=C(\C#N)C(=O)Nc2c(Cl)cccc2Cl)cc(Br)c1OC(=O)c1ccc(OC)cc1. The van der Waals surface area contributed by atoms with Gasteiger partial charge in [0.2, 0.25) is 0 Å². The van der Waals surface area contributed by atoms with Crippen LogP contribution in [0.15, 0.2) is 64.6 Å². The van der Waals surface area contributed by atoms with Gasteiger partial charge in [-0.15, -0.1) is 0 Å². The van der Waals surface area contributed by atoms with Gasteiger partial charge in [0.05, 0.1) is 39.5 Å². The van der Waals surface area contributed by atoms with Gasteiger partial charge in [-0.05, 0) is 83.0 Å². The smallest absolute Gasteiger partial charge is 0.343 e. The number of hydrogen-bond acceptors (Lipinski definition) is 6. The summed E-state index contributed by atoms with van der Waals surface area (Å²) < 4.78 is 16.7. The van der Waals surface area contributed by atoms with Gasteiger partial charge in [0.25, 0.3) is 5.91 Å². The fourth-order valence-corrected chi connectivity index (χ4v) is 4.06. The second kappa shape index (κ2) is 12.5. The number of esters is 1. The van der Waals surface area contributed by atoms with Gasteiger partial charge in [-0.3, -0.25) is 4.79 Å². The lowest BCUT2D eigenvalue weighted by Crippen LogP contribution is -2.14. The van der Waals surface area contributed by atoms with E-state index in [0.717, 1.165) is 0 Å². The zero-order valence-electron chi connectivity index (χ0n) is 19.1. The molecule has 7 nitrogen and oxygen atoms in total. The van der Waals surface area contributed by atoms with Crippen LogP contribution in [0, 0.1) is 11.3 Å².